The number of nitrogens with two attached hydrogens (primary N) is 1. The first kappa shape index (κ1) is 60.8. The first-order valence-corrected chi connectivity index (χ1v) is 32.4. The molecule has 6 atom stereocenters. The molecule has 5 heterocycles. The molecule has 3 saturated heterocycles. The fraction of sp³-hybridized carbons (Fsp3) is 0.483. The Kier molecular flexibility index (Phi) is 18.3. The quantitative estimate of drug-likeness (QED) is 0.0480. The summed E-state index contributed by atoms with van der Waals surface area (Å²) < 4.78 is 45.2. The van der Waals surface area contributed by atoms with Crippen LogP contribution in [-0.4, -0.2) is 142 Å². The van der Waals surface area contributed by atoms with Gasteiger partial charge in [0.1, 0.15) is 29.9 Å². The summed E-state index contributed by atoms with van der Waals surface area (Å²) in [5.41, 5.74) is 7.87. The Balaban J connectivity index is 0.897. The molecule has 84 heavy (non-hydrogen) atoms. The van der Waals surface area contributed by atoms with Crippen LogP contribution in [0.5, 0.6) is 0 Å². The lowest BCUT2D eigenvalue weighted by Gasteiger charge is -2.40. The number of rotatable bonds is 20. The average molecular weight is 1200 g/mol. The molecule has 0 spiro atoms. The highest BCUT2D eigenvalue weighted by molar-refractivity contribution is 7.90. The number of H-pyrrole nitrogens is 1. The number of aromatic amines is 1. The number of nitrogens with zero attached hydrogens (tertiary/aromatic N) is 4. The summed E-state index contributed by atoms with van der Waals surface area (Å²) in [6, 6.07) is 12.5. The minimum absolute atomic E-state index is 0.0154. The number of imidazole rings is 1. The van der Waals surface area contributed by atoms with E-state index < -0.39 is 88.4 Å². The molecule has 0 bridgehead atoms. The van der Waals surface area contributed by atoms with Crippen LogP contribution in [0.25, 0.3) is 21.9 Å². The van der Waals surface area contributed by atoms with Crippen molar-refractivity contribution < 1.29 is 60.7 Å². The maximum Gasteiger partial charge on any atom is 0.329 e. The summed E-state index contributed by atoms with van der Waals surface area (Å²) in [4.78, 5) is 142. The number of benzene rings is 3. The molecule has 3 aromatic carbocycles. The number of primary amides is 1. The predicted molar refractivity (Wildman–Crippen MR) is 308 cm³/mol. The summed E-state index contributed by atoms with van der Waals surface area (Å²) in [6.07, 6.45) is 6.08. The molecular weight excluding hydrogens is 1120 g/mol. The van der Waals surface area contributed by atoms with Gasteiger partial charge in [-0.15, -0.1) is 0 Å². The van der Waals surface area contributed by atoms with Crippen LogP contribution in [0, 0.1) is 11.8 Å². The Hall–Kier alpha value is -7.76. The van der Waals surface area contributed by atoms with Crippen molar-refractivity contribution in [3.63, 3.8) is 0 Å². The molecule has 1 aliphatic carbocycles. The molecule has 3 aliphatic heterocycles. The van der Waals surface area contributed by atoms with Crippen LogP contribution >= 0.6 is 7.37 Å². The SMILES string of the molecule is CCOP(C)(=O)C(=O)c1ccc2[nH]c(C(=O)N[C@H]3CN(C(=O)[C@H]4CC[C@@H](CCc5ccc6c(c5)n(C)c(=O)n6C5CCC(=O)NC5=O)CC4)CC[C@H]4CC[C@@H](C(=O)N[C@@H](CCC(N)=O)C(=O)NCc5ccc(S(C)(=O)=O)cc5)N4C3=O)cc2c1. The average Bonchev–Trinajstić information content (AvgIpc) is 2.51. The molecule has 4 aliphatic rings. The minimum Gasteiger partial charge on any atom is -0.370 e. The lowest BCUT2D eigenvalue weighted by atomic mass is 9.79. The summed E-state index contributed by atoms with van der Waals surface area (Å²) in [5, 5.41) is 11.1. The number of amides is 8. The Morgan fingerprint density at radius 1 is 0.869 bits per heavy atom. The third-order valence-corrected chi connectivity index (χ3v) is 19.7. The molecule has 2 aromatic heterocycles. The summed E-state index contributed by atoms with van der Waals surface area (Å²) >= 11 is 0. The van der Waals surface area contributed by atoms with Crippen molar-refractivity contribution in [2.45, 2.75) is 132 Å². The molecule has 448 valence electrons. The van der Waals surface area contributed by atoms with E-state index in [0.29, 0.717) is 65.5 Å². The van der Waals surface area contributed by atoms with Gasteiger partial charge in [0, 0.05) is 80.9 Å². The number of fused-ring (bicyclic) bond motifs is 3. The van der Waals surface area contributed by atoms with Crippen molar-refractivity contribution in [2.24, 2.45) is 24.6 Å². The number of aryl methyl sites for hydroxylation is 2. The Morgan fingerprint density at radius 2 is 1.60 bits per heavy atom. The third-order valence-electron chi connectivity index (χ3n) is 16.8. The van der Waals surface area contributed by atoms with Gasteiger partial charge < -0.3 is 41.0 Å². The second kappa shape index (κ2) is 25.2. The number of carbonyl (C=O) groups excluding carboxylic acids is 9. The number of piperidine rings is 1. The van der Waals surface area contributed by atoms with Gasteiger partial charge in [0.2, 0.25) is 46.9 Å². The Labute approximate surface area is 484 Å². The summed E-state index contributed by atoms with van der Waals surface area (Å²) in [7, 11) is -5.48. The van der Waals surface area contributed by atoms with E-state index in [9.17, 15) is 56.1 Å². The van der Waals surface area contributed by atoms with Crippen LogP contribution in [0.1, 0.15) is 122 Å². The summed E-state index contributed by atoms with van der Waals surface area (Å²) in [6.45, 7) is 2.86. The zero-order valence-corrected chi connectivity index (χ0v) is 49.1. The first-order chi connectivity index (χ1) is 39.9. The van der Waals surface area contributed by atoms with Crippen LogP contribution in [0.15, 0.2) is 76.4 Å². The van der Waals surface area contributed by atoms with E-state index in [2.05, 4.69) is 26.3 Å². The molecule has 24 nitrogen and oxygen atoms in total. The molecule has 26 heteroatoms. The maximum atomic E-state index is 15.1. The monoisotopic (exact) mass is 1190 g/mol. The number of hydrogen-bond donors (Lipinski definition) is 6. The predicted octanol–water partition coefficient (Wildman–Crippen LogP) is 3.48. The van der Waals surface area contributed by atoms with Crippen LogP contribution in [0.2, 0.25) is 0 Å². The second-order valence-electron chi connectivity index (χ2n) is 22.6. The van der Waals surface area contributed by atoms with Crippen molar-refractivity contribution in [2.75, 3.05) is 32.6 Å². The van der Waals surface area contributed by atoms with Crippen LogP contribution in [-0.2, 0) is 72.5 Å². The van der Waals surface area contributed by atoms with E-state index in [0.717, 1.165) is 31.1 Å². The maximum absolute atomic E-state index is 15.1. The molecule has 2 unspecified atom stereocenters. The molecule has 5 aromatic rings. The normalized spacial score (nSPS) is 22.3. The number of carbonyl (C=O) groups is 9. The number of nitrogens with one attached hydrogen (secondary N) is 5. The fourth-order valence-electron chi connectivity index (χ4n) is 12.2. The highest BCUT2D eigenvalue weighted by Crippen LogP contribution is 2.46. The smallest absolute Gasteiger partial charge is 0.329 e. The van der Waals surface area contributed by atoms with Gasteiger partial charge in [-0.3, -0.25) is 62.2 Å². The summed E-state index contributed by atoms with van der Waals surface area (Å²) in [5.74, 6) is -4.51. The largest absolute Gasteiger partial charge is 0.370 e. The molecule has 7 N–H and O–H groups in total. The van der Waals surface area contributed by atoms with Gasteiger partial charge in [0.05, 0.1) is 22.5 Å². The Bertz CT molecular complexity index is 3680. The molecule has 9 rings (SSSR count). The minimum atomic E-state index is -3.67. The van der Waals surface area contributed by atoms with Crippen LogP contribution in [0.4, 0.5) is 0 Å². The van der Waals surface area contributed by atoms with E-state index in [1.54, 1.807) is 24.9 Å². The third kappa shape index (κ3) is 13.4. The topological polar surface area (TPSA) is 337 Å². The number of imide groups is 1. The first-order valence-electron chi connectivity index (χ1n) is 28.4. The zero-order valence-electron chi connectivity index (χ0n) is 47.4. The molecule has 1 saturated carbocycles. The Morgan fingerprint density at radius 3 is 2.29 bits per heavy atom. The highest BCUT2D eigenvalue weighted by atomic mass is 32.2. The van der Waals surface area contributed by atoms with Gasteiger partial charge in [0.25, 0.3) is 13.3 Å². The van der Waals surface area contributed by atoms with E-state index in [1.807, 2.05) is 18.2 Å². The zero-order chi connectivity index (χ0) is 60.4. The van der Waals surface area contributed by atoms with Crippen molar-refractivity contribution in [1.29, 1.82) is 0 Å². The fourth-order valence-corrected chi connectivity index (χ4v) is 14.1. The van der Waals surface area contributed by atoms with E-state index in [-0.39, 0.29) is 97.9 Å². The molecule has 0 radical (unpaired) electrons. The number of sulfone groups is 1. The second-order valence-corrected chi connectivity index (χ2v) is 27.0. The molecule has 4 fully saturated rings. The molecular formula is C58H71N10O14PS. The number of hydrogen-bond acceptors (Lipinski definition) is 14. The van der Waals surface area contributed by atoms with Crippen molar-refractivity contribution >= 4 is 91.9 Å². The van der Waals surface area contributed by atoms with Gasteiger partial charge in [-0.1, -0.05) is 18.2 Å². The van der Waals surface area contributed by atoms with Crippen molar-refractivity contribution in [1.82, 2.24) is 45.2 Å². The molecule has 8 amide bonds. The van der Waals surface area contributed by atoms with Crippen LogP contribution < -0.4 is 32.7 Å². The van der Waals surface area contributed by atoms with Gasteiger partial charge in [-0.25, -0.2) is 13.2 Å². The van der Waals surface area contributed by atoms with Gasteiger partial charge in [-0.2, -0.15) is 0 Å². The lowest BCUT2D eigenvalue weighted by molar-refractivity contribution is -0.147. The van der Waals surface area contributed by atoms with Crippen LogP contribution in [0.3, 0.4) is 0 Å². The highest BCUT2D eigenvalue weighted by Gasteiger charge is 2.47. The lowest BCUT2D eigenvalue weighted by Crippen LogP contribution is -2.62. The van der Waals surface area contributed by atoms with Crippen molar-refractivity contribution in [3.8, 4) is 0 Å². The van der Waals surface area contributed by atoms with E-state index in [4.69, 9.17) is 10.3 Å². The number of aromatic nitrogens is 3. The van der Waals surface area contributed by atoms with E-state index >= 15 is 4.79 Å². The van der Waals surface area contributed by atoms with E-state index in [1.165, 1.54) is 63.2 Å². The van der Waals surface area contributed by atoms with Gasteiger partial charge in [-0.05, 0) is 143 Å². The standard InChI is InChI=1S/C58H71N10O14PS/c1-5-82-83(3,79)57(77)37-15-19-41-38(29-37)30-43(61-41)52(72)63-44-32-66(55(75)36-13-8-33(9-14-36)6-7-34-12-21-45-48(28-34)65(2)58(78)68(45)47-23-25-50(70)64-54(47)74)27-26-39-16-22-46(67(39)56(44)76)53(73)62-42(20-24-49(59)69)51(71)60-31-35-10-17-40(18-11-35)84(4,80)81/h10-12,15,17-19,21,28-30,33,36,39,42,44,46-47,61H,5-9,13-14,16,20,22-27,31-32H2,1-4H3,(H2,59,69)(H,60,71)(H,62,73)(H,63,72)(H,64,70,74)/t33-,36+,39-,42+,44+,46+,47?,83?/m1/s1. The van der Waals surface area contributed by atoms with Gasteiger partial charge in [0.15, 0.2) is 9.84 Å². The van der Waals surface area contributed by atoms with Crippen molar-refractivity contribution in [3.05, 3.63) is 99.6 Å². The van der Waals surface area contributed by atoms with Gasteiger partial charge >= 0.3 is 5.69 Å².